The quantitative estimate of drug-likeness (QED) is 0.301. The number of carbonyl (C=O) groups is 1. The molecule has 0 rings (SSSR count). The van der Waals surface area contributed by atoms with Crippen molar-refractivity contribution in [1.82, 2.24) is 10.2 Å². The Morgan fingerprint density at radius 1 is 2.00 bits per heavy atom. The van der Waals surface area contributed by atoms with Crippen LogP contribution in [0.1, 0.15) is 0 Å². The van der Waals surface area contributed by atoms with Crippen molar-refractivity contribution in [2.45, 2.75) is 0 Å². The number of rotatable bonds is 3. The Morgan fingerprint density at radius 3 is 2.67 bits per heavy atom. The van der Waals surface area contributed by atoms with Gasteiger partial charge >= 0.3 is 0 Å². The molecule has 0 heterocycles. The zero-order valence-electron chi connectivity index (χ0n) is 5.13. The van der Waals surface area contributed by atoms with Crippen molar-refractivity contribution in [1.29, 1.82) is 0 Å². The standard InChI is InChI=1S/C4H9N3OS/c1-6-2-7(3-8)4(5)9/h3,6H,2H2,1H3,(H2,5,9). The van der Waals surface area contributed by atoms with E-state index < -0.39 is 0 Å². The maximum absolute atomic E-state index is 10.1. The van der Waals surface area contributed by atoms with Gasteiger partial charge in [0, 0.05) is 0 Å². The van der Waals surface area contributed by atoms with Gasteiger partial charge in [0.05, 0.1) is 6.67 Å². The summed E-state index contributed by atoms with van der Waals surface area (Å²) in [5.74, 6) is 0. The summed E-state index contributed by atoms with van der Waals surface area (Å²) in [4.78, 5) is 11.2. The summed E-state index contributed by atoms with van der Waals surface area (Å²) in [7, 11) is 1.70. The van der Waals surface area contributed by atoms with E-state index in [0.717, 1.165) is 0 Å². The summed E-state index contributed by atoms with van der Waals surface area (Å²) < 4.78 is 0. The van der Waals surface area contributed by atoms with Crippen molar-refractivity contribution >= 4 is 23.7 Å². The molecule has 4 nitrogen and oxygen atoms in total. The van der Waals surface area contributed by atoms with Crippen LogP contribution in [0.3, 0.4) is 0 Å². The molecule has 0 saturated carbocycles. The highest BCUT2D eigenvalue weighted by molar-refractivity contribution is 7.80. The number of nitrogens with two attached hydrogens (primary N) is 1. The fraction of sp³-hybridized carbons (Fsp3) is 0.500. The second-order valence-electron chi connectivity index (χ2n) is 1.43. The minimum Gasteiger partial charge on any atom is -0.376 e. The van der Waals surface area contributed by atoms with Crippen LogP contribution in [0.15, 0.2) is 0 Å². The van der Waals surface area contributed by atoms with Gasteiger partial charge in [-0.25, -0.2) is 0 Å². The van der Waals surface area contributed by atoms with Crippen LogP contribution >= 0.6 is 12.2 Å². The largest absolute Gasteiger partial charge is 0.376 e. The van der Waals surface area contributed by atoms with Gasteiger partial charge in [-0.2, -0.15) is 0 Å². The number of hydrogen-bond acceptors (Lipinski definition) is 3. The lowest BCUT2D eigenvalue weighted by Gasteiger charge is -2.12. The molecule has 0 unspecified atom stereocenters. The maximum atomic E-state index is 10.1. The van der Waals surface area contributed by atoms with Crippen LogP contribution in [0.2, 0.25) is 0 Å². The molecule has 0 spiro atoms. The molecule has 0 saturated heterocycles. The van der Waals surface area contributed by atoms with Crippen LogP contribution < -0.4 is 11.1 Å². The number of thiocarbonyl (C=S) groups is 1. The summed E-state index contributed by atoms with van der Waals surface area (Å²) in [5.41, 5.74) is 5.12. The molecule has 0 aliphatic carbocycles. The summed E-state index contributed by atoms with van der Waals surface area (Å²) in [5, 5.41) is 2.81. The number of hydrogen-bond donors (Lipinski definition) is 2. The minimum atomic E-state index is 0.0827. The molecule has 0 radical (unpaired) electrons. The SMILES string of the molecule is CNCN(C=O)C(N)=S. The molecule has 9 heavy (non-hydrogen) atoms. The molecule has 1 amide bonds. The predicted octanol–water partition coefficient (Wildman–Crippen LogP) is -1.13. The van der Waals surface area contributed by atoms with Gasteiger partial charge in [0.2, 0.25) is 6.41 Å². The maximum Gasteiger partial charge on any atom is 0.216 e. The molecule has 0 aromatic carbocycles. The molecule has 0 atom stereocenters. The van der Waals surface area contributed by atoms with E-state index in [1.807, 2.05) is 0 Å². The van der Waals surface area contributed by atoms with Crippen LogP contribution in [0.5, 0.6) is 0 Å². The molecule has 3 N–H and O–H groups in total. The highest BCUT2D eigenvalue weighted by Gasteiger charge is 1.99. The molecule has 0 aliphatic rings. The van der Waals surface area contributed by atoms with Crippen LogP contribution in [-0.2, 0) is 4.79 Å². The second kappa shape index (κ2) is 4.22. The van der Waals surface area contributed by atoms with Crippen LogP contribution in [0, 0.1) is 0 Å². The Balaban J connectivity index is 3.68. The lowest BCUT2D eigenvalue weighted by atomic mass is 10.8. The van der Waals surface area contributed by atoms with E-state index >= 15 is 0 Å². The predicted molar refractivity (Wildman–Crippen MR) is 38.6 cm³/mol. The Labute approximate surface area is 59.0 Å². The van der Waals surface area contributed by atoms with Crippen molar-refractivity contribution in [3.8, 4) is 0 Å². The zero-order valence-corrected chi connectivity index (χ0v) is 5.94. The van der Waals surface area contributed by atoms with Crippen molar-refractivity contribution in [3.63, 3.8) is 0 Å². The second-order valence-corrected chi connectivity index (χ2v) is 1.84. The van der Waals surface area contributed by atoms with Crippen LogP contribution in [0.4, 0.5) is 0 Å². The number of amides is 1. The molecule has 0 bridgehead atoms. The van der Waals surface area contributed by atoms with E-state index in [0.29, 0.717) is 13.1 Å². The molecule has 0 aromatic rings. The number of carbonyl (C=O) groups excluding carboxylic acids is 1. The Kier molecular flexibility index (Phi) is 3.90. The van der Waals surface area contributed by atoms with Gasteiger partial charge in [0.25, 0.3) is 0 Å². The first-order chi connectivity index (χ1) is 4.22. The summed E-state index contributed by atoms with van der Waals surface area (Å²) >= 11 is 4.51. The van der Waals surface area contributed by atoms with E-state index in [4.69, 9.17) is 5.73 Å². The first kappa shape index (κ1) is 8.32. The van der Waals surface area contributed by atoms with E-state index in [2.05, 4.69) is 17.5 Å². The lowest BCUT2D eigenvalue weighted by Crippen LogP contribution is -2.39. The monoisotopic (exact) mass is 147 g/mol. The van der Waals surface area contributed by atoms with Crippen molar-refractivity contribution in [2.75, 3.05) is 13.7 Å². The molecular weight excluding hydrogens is 138 g/mol. The summed E-state index contributed by atoms with van der Waals surface area (Å²) in [6.07, 6.45) is 0.582. The fourth-order valence-electron chi connectivity index (χ4n) is 0.337. The number of nitrogens with one attached hydrogen (secondary N) is 1. The first-order valence-electron chi connectivity index (χ1n) is 2.38. The van der Waals surface area contributed by atoms with Crippen molar-refractivity contribution in [3.05, 3.63) is 0 Å². The summed E-state index contributed by atoms with van der Waals surface area (Å²) in [6.45, 7) is 0.360. The van der Waals surface area contributed by atoms with Gasteiger partial charge in [-0.1, -0.05) is 0 Å². The van der Waals surface area contributed by atoms with Crippen molar-refractivity contribution in [2.24, 2.45) is 5.73 Å². The average molecular weight is 147 g/mol. The molecular formula is C4H9N3OS. The third-order valence-corrected chi connectivity index (χ3v) is 0.973. The van der Waals surface area contributed by atoms with Gasteiger partial charge in [0.15, 0.2) is 5.11 Å². The molecule has 0 fully saturated rings. The van der Waals surface area contributed by atoms with E-state index in [9.17, 15) is 4.79 Å². The minimum absolute atomic E-state index is 0.0827. The highest BCUT2D eigenvalue weighted by atomic mass is 32.1. The third kappa shape index (κ3) is 2.99. The zero-order chi connectivity index (χ0) is 7.28. The molecule has 5 heteroatoms. The number of nitrogens with zero attached hydrogens (tertiary/aromatic N) is 1. The smallest absolute Gasteiger partial charge is 0.216 e. The van der Waals surface area contributed by atoms with Crippen LogP contribution in [0.25, 0.3) is 0 Å². The fourth-order valence-corrected chi connectivity index (χ4v) is 0.445. The lowest BCUT2D eigenvalue weighted by molar-refractivity contribution is -0.115. The third-order valence-electron chi connectivity index (χ3n) is 0.739. The first-order valence-corrected chi connectivity index (χ1v) is 2.79. The average Bonchev–Trinajstić information content (AvgIpc) is 1.82. The normalized spacial score (nSPS) is 8.56. The van der Waals surface area contributed by atoms with Gasteiger partial charge in [-0.3, -0.25) is 9.69 Å². The van der Waals surface area contributed by atoms with Crippen LogP contribution in [-0.4, -0.2) is 30.1 Å². The van der Waals surface area contributed by atoms with E-state index in [1.165, 1.54) is 4.90 Å². The molecule has 0 aliphatic heterocycles. The van der Waals surface area contributed by atoms with E-state index in [-0.39, 0.29) is 5.11 Å². The Morgan fingerprint density at radius 2 is 2.56 bits per heavy atom. The molecule has 52 valence electrons. The highest BCUT2D eigenvalue weighted by Crippen LogP contribution is 1.76. The van der Waals surface area contributed by atoms with Gasteiger partial charge < -0.3 is 11.1 Å². The van der Waals surface area contributed by atoms with E-state index in [1.54, 1.807) is 7.05 Å². The van der Waals surface area contributed by atoms with Gasteiger partial charge in [-0.05, 0) is 19.3 Å². The van der Waals surface area contributed by atoms with Gasteiger partial charge in [-0.15, -0.1) is 0 Å². The summed E-state index contributed by atoms with van der Waals surface area (Å²) in [6, 6.07) is 0. The van der Waals surface area contributed by atoms with Gasteiger partial charge in [0.1, 0.15) is 0 Å². The molecule has 0 aromatic heterocycles. The Bertz CT molecular complexity index is 116. The topological polar surface area (TPSA) is 58.4 Å². The Hall–Kier alpha value is -0.680. The van der Waals surface area contributed by atoms with Crippen molar-refractivity contribution < 1.29 is 4.79 Å².